The van der Waals surface area contributed by atoms with E-state index in [-0.39, 0.29) is 0 Å². The number of rotatable bonds is 3. The third kappa shape index (κ3) is 4.00. The standard InChI is InChI=1S/C6H13/c1-3-5-6-4-2/h3H,4-6H2,1-2H3/i1D2,2D2. The Labute approximate surface area is 46.2 Å². The molecule has 0 rings (SSSR count). The highest BCUT2D eigenvalue weighted by atomic mass is 13.8. The second-order valence-corrected chi connectivity index (χ2v) is 1.17. The quantitative estimate of drug-likeness (QED) is 0.466. The minimum absolute atomic E-state index is 0.545. The van der Waals surface area contributed by atoms with Gasteiger partial charge in [-0.2, -0.15) is 0 Å². The maximum atomic E-state index is 6.82. The van der Waals surface area contributed by atoms with Gasteiger partial charge < -0.3 is 0 Å². The van der Waals surface area contributed by atoms with Crippen molar-refractivity contribution in [2.75, 3.05) is 0 Å². The molecule has 0 unspecified atom stereocenters. The number of unbranched alkanes of at least 4 members (excludes halogenated alkanes) is 1. The molecule has 0 amide bonds. The van der Waals surface area contributed by atoms with Crippen LogP contribution in [0.15, 0.2) is 0 Å². The topological polar surface area (TPSA) is 0 Å². The fourth-order valence-corrected chi connectivity index (χ4v) is 0.236. The minimum atomic E-state index is -0.852. The van der Waals surface area contributed by atoms with E-state index in [0.29, 0.717) is 12.8 Å². The van der Waals surface area contributed by atoms with Crippen LogP contribution in [0.5, 0.6) is 0 Å². The van der Waals surface area contributed by atoms with Gasteiger partial charge in [0.2, 0.25) is 0 Å². The smallest absolute Gasteiger partial charge is 0.0233 e. The van der Waals surface area contributed by atoms with Crippen molar-refractivity contribution in [2.45, 2.75) is 33.0 Å². The Morgan fingerprint density at radius 3 is 3.50 bits per heavy atom. The molecule has 0 nitrogen and oxygen atoms in total. The fourth-order valence-electron chi connectivity index (χ4n) is 0.236. The van der Waals surface area contributed by atoms with Gasteiger partial charge in [0.15, 0.2) is 0 Å². The highest BCUT2D eigenvalue weighted by molar-refractivity contribution is 4.52. The van der Waals surface area contributed by atoms with Gasteiger partial charge in [-0.25, -0.2) is 0 Å². The molecule has 0 aromatic heterocycles. The zero-order valence-corrected chi connectivity index (χ0v) is 3.85. The van der Waals surface area contributed by atoms with Crippen LogP contribution in [0.3, 0.4) is 0 Å². The second kappa shape index (κ2) is 5.00. The summed E-state index contributed by atoms with van der Waals surface area (Å²) in [6.45, 7) is -1.60. The third-order valence-electron chi connectivity index (χ3n) is 0.575. The fraction of sp³-hybridized carbons (Fsp3) is 0.833. The van der Waals surface area contributed by atoms with Crippen LogP contribution in [-0.2, 0) is 0 Å². The van der Waals surface area contributed by atoms with Crippen molar-refractivity contribution in [2.24, 2.45) is 0 Å². The Kier molecular flexibility index (Phi) is 1.54. The van der Waals surface area contributed by atoms with Crippen LogP contribution in [-0.4, -0.2) is 0 Å². The van der Waals surface area contributed by atoms with E-state index in [1.807, 2.05) is 0 Å². The van der Waals surface area contributed by atoms with Gasteiger partial charge in [0.05, 0.1) is 0 Å². The molecule has 0 aliphatic rings. The SMILES string of the molecule is [2H]C([2H])[CH]CCCC([2H])[2H]. The lowest BCUT2D eigenvalue weighted by Crippen LogP contribution is -1.67. The maximum absolute atomic E-state index is 6.82. The molecule has 0 saturated heterocycles. The van der Waals surface area contributed by atoms with E-state index in [2.05, 4.69) is 0 Å². The van der Waals surface area contributed by atoms with E-state index >= 15 is 0 Å². The monoisotopic (exact) mass is 89.1 g/mol. The molecule has 0 heterocycles. The molecule has 37 valence electrons. The first kappa shape index (κ1) is 1.85. The molecule has 0 aliphatic carbocycles. The lowest BCUT2D eigenvalue weighted by Gasteiger charge is -1.85. The van der Waals surface area contributed by atoms with Crippen LogP contribution in [0, 0.1) is 6.42 Å². The predicted molar refractivity (Wildman–Crippen MR) is 29.5 cm³/mol. The summed E-state index contributed by atoms with van der Waals surface area (Å²) in [5.41, 5.74) is 0. The zero-order chi connectivity index (χ0) is 7.98. The van der Waals surface area contributed by atoms with Crippen LogP contribution in [0.25, 0.3) is 0 Å². The van der Waals surface area contributed by atoms with Gasteiger partial charge in [-0.05, 0) is 6.42 Å². The largest absolute Gasteiger partial charge is 0.0654 e. The van der Waals surface area contributed by atoms with Crippen LogP contribution < -0.4 is 0 Å². The summed E-state index contributed by atoms with van der Waals surface area (Å²) >= 11 is 0. The first-order valence-electron chi connectivity index (χ1n) is 4.46. The van der Waals surface area contributed by atoms with Crippen LogP contribution in [0.2, 0.25) is 0 Å². The van der Waals surface area contributed by atoms with E-state index in [1.54, 1.807) is 6.42 Å². The molecule has 0 bridgehead atoms. The van der Waals surface area contributed by atoms with E-state index in [9.17, 15) is 0 Å². The third-order valence-corrected chi connectivity index (χ3v) is 0.575. The molecular formula is C6H13. The van der Waals surface area contributed by atoms with Gasteiger partial charge in [-0.3, -0.25) is 0 Å². The van der Waals surface area contributed by atoms with Gasteiger partial charge in [-0.1, -0.05) is 33.0 Å². The second-order valence-electron chi connectivity index (χ2n) is 1.17. The van der Waals surface area contributed by atoms with Crippen molar-refractivity contribution >= 4 is 0 Å². The highest BCUT2D eigenvalue weighted by Crippen LogP contribution is 1.94. The Balaban J connectivity index is 2.91. The van der Waals surface area contributed by atoms with Gasteiger partial charge in [0.25, 0.3) is 0 Å². The first-order chi connectivity index (χ1) is 4.63. The summed E-state index contributed by atoms with van der Waals surface area (Å²) in [5.74, 6) is 0. The van der Waals surface area contributed by atoms with Gasteiger partial charge >= 0.3 is 0 Å². The molecule has 0 spiro atoms. The molecule has 0 atom stereocenters. The minimum Gasteiger partial charge on any atom is -0.0654 e. The summed E-state index contributed by atoms with van der Waals surface area (Å²) in [4.78, 5) is 0. The van der Waals surface area contributed by atoms with E-state index < -0.39 is 13.8 Å². The molecule has 0 saturated carbocycles. The van der Waals surface area contributed by atoms with Crippen molar-refractivity contribution < 1.29 is 5.48 Å². The Morgan fingerprint density at radius 2 is 2.83 bits per heavy atom. The zero-order valence-electron chi connectivity index (χ0n) is 7.85. The normalized spacial score (nSPS) is 19.7. The summed E-state index contributed by atoms with van der Waals surface area (Å²) < 4.78 is 27.2. The Bertz CT molecular complexity index is 62.1. The maximum Gasteiger partial charge on any atom is 0.0233 e. The first-order valence-corrected chi connectivity index (χ1v) is 2.15. The van der Waals surface area contributed by atoms with Crippen molar-refractivity contribution in [3.05, 3.63) is 6.42 Å². The molecule has 6 heavy (non-hydrogen) atoms. The molecule has 0 aromatic rings. The lowest BCUT2D eigenvalue weighted by atomic mass is 10.2. The van der Waals surface area contributed by atoms with Crippen molar-refractivity contribution in [1.82, 2.24) is 0 Å². The average molecular weight is 89.2 g/mol. The number of hydrogen-bond donors (Lipinski definition) is 0. The van der Waals surface area contributed by atoms with E-state index in [4.69, 9.17) is 5.48 Å². The van der Waals surface area contributed by atoms with Crippen LogP contribution in [0.4, 0.5) is 0 Å². The van der Waals surface area contributed by atoms with Gasteiger partial charge in [-0.15, -0.1) is 0 Å². The predicted octanol–water partition coefficient (Wildman–Crippen LogP) is 2.40. The molecule has 0 aliphatic heterocycles. The van der Waals surface area contributed by atoms with Crippen molar-refractivity contribution in [3.63, 3.8) is 0 Å². The van der Waals surface area contributed by atoms with Crippen molar-refractivity contribution in [1.29, 1.82) is 0 Å². The summed E-state index contributed by atoms with van der Waals surface area (Å²) in [6, 6.07) is 0. The van der Waals surface area contributed by atoms with E-state index in [1.165, 1.54) is 0 Å². The molecule has 0 fully saturated rings. The lowest BCUT2D eigenvalue weighted by molar-refractivity contribution is 0.784. The van der Waals surface area contributed by atoms with E-state index in [0.717, 1.165) is 6.42 Å². The summed E-state index contributed by atoms with van der Waals surface area (Å²) in [6.07, 6.45) is 3.56. The summed E-state index contributed by atoms with van der Waals surface area (Å²) in [5, 5.41) is 0. The van der Waals surface area contributed by atoms with Gasteiger partial charge in [0, 0.05) is 5.48 Å². The summed E-state index contributed by atoms with van der Waals surface area (Å²) in [7, 11) is 0. The highest BCUT2D eigenvalue weighted by Gasteiger charge is 1.75. The average Bonchev–Trinajstić information content (AvgIpc) is 1.79. The molecule has 0 aromatic carbocycles. The Morgan fingerprint density at radius 1 is 1.83 bits per heavy atom. The number of hydrogen-bond acceptors (Lipinski definition) is 0. The molecular weight excluding hydrogens is 72.1 g/mol. The van der Waals surface area contributed by atoms with Crippen molar-refractivity contribution in [3.8, 4) is 0 Å². The van der Waals surface area contributed by atoms with Gasteiger partial charge in [0.1, 0.15) is 0 Å². The molecule has 1 radical (unpaired) electrons. The Hall–Kier alpha value is 0. The molecule has 0 N–H and O–H groups in total. The van der Waals surface area contributed by atoms with Crippen LogP contribution >= 0.6 is 0 Å². The molecule has 0 heteroatoms. The van der Waals surface area contributed by atoms with Crippen LogP contribution in [0.1, 0.15) is 38.5 Å².